The zero-order valence-corrected chi connectivity index (χ0v) is 7.73. The van der Waals surface area contributed by atoms with E-state index >= 15 is 0 Å². The lowest BCUT2D eigenvalue weighted by Gasteiger charge is -2.33. The number of hydrogen-bond donors (Lipinski definition) is 1. The Hall–Kier alpha value is -0.380. The van der Waals surface area contributed by atoms with Crippen LogP contribution in [-0.2, 0) is 0 Å². The second-order valence-corrected chi connectivity index (χ2v) is 4.88. The molecule has 0 unspecified atom stereocenters. The van der Waals surface area contributed by atoms with Crippen LogP contribution in [0.1, 0.15) is 13.8 Å². The molecule has 4 heteroatoms. The molecule has 0 saturated carbocycles. The maximum absolute atomic E-state index is 10.8. The zero-order chi connectivity index (χ0) is 8.43. The van der Waals surface area contributed by atoms with E-state index in [2.05, 4.69) is 13.8 Å². The van der Waals surface area contributed by atoms with E-state index in [9.17, 15) is 4.79 Å². The number of carbonyl (C=O) groups is 1. The highest BCUT2D eigenvalue weighted by Crippen LogP contribution is 2.24. The smallest absolute Gasteiger partial charge is 0.314 e. The largest absolute Gasteiger partial charge is 0.351 e. The number of urea groups is 1. The fraction of sp³-hybridized carbons (Fsp3) is 0.857. The van der Waals surface area contributed by atoms with Crippen LogP contribution < -0.4 is 5.73 Å². The molecule has 2 amide bonds. The molecule has 1 saturated heterocycles. The molecule has 1 aliphatic heterocycles. The lowest BCUT2D eigenvalue weighted by atomic mass is 10.3. The van der Waals surface area contributed by atoms with Crippen molar-refractivity contribution in [2.24, 2.45) is 5.73 Å². The Morgan fingerprint density at radius 3 is 2.27 bits per heavy atom. The highest BCUT2D eigenvalue weighted by atomic mass is 32.2. The molecule has 1 heterocycles. The van der Waals surface area contributed by atoms with Crippen LogP contribution in [-0.4, -0.2) is 34.5 Å². The fourth-order valence-corrected chi connectivity index (χ4v) is 2.68. The SMILES string of the molecule is C[C@@H]1CN(C(N)=O)C[C@@H](C)S1. The first-order chi connectivity index (χ1) is 5.09. The lowest BCUT2D eigenvalue weighted by Crippen LogP contribution is -2.46. The quantitative estimate of drug-likeness (QED) is 0.593. The summed E-state index contributed by atoms with van der Waals surface area (Å²) in [6.07, 6.45) is 0. The molecular weight excluding hydrogens is 160 g/mol. The standard InChI is InChI=1S/C7H14N2OS/c1-5-3-9(7(8)10)4-6(2)11-5/h5-6H,3-4H2,1-2H3,(H2,8,10)/t5-,6-/m1/s1. The first-order valence-corrected chi connectivity index (χ1v) is 4.73. The van der Waals surface area contributed by atoms with Crippen molar-refractivity contribution in [3.63, 3.8) is 0 Å². The van der Waals surface area contributed by atoms with E-state index in [0.29, 0.717) is 10.5 Å². The third-order valence-electron chi connectivity index (χ3n) is 1.73. The average molecular weight is 174 g/mol. The zero-order valence-electron chi connectivity index (χ0n) is 6.91. The average Bonchev–Trinajstić information content (AvgIpc) is 1.85. The number of thioether (sulfide) groups is 1. The number of nitrogens with zero attached hydrogens (tertiary/aromatic N) is 1. The highest BCUT2D eigenvalue weighted by Gasteiger charge is 2.23. The Morgan fingerprint density at radius 2 is 1.91 bits per heavy atom. The molecule has 0 aromatic heterocycles. The fourth-order valence-electron chi connectivity index (χ4n) is 1.36. The van der Waals surface area contributed by atoms with Gasteiger partial charge in [0, 0.05) is 23.6 Å². The second-order valence-electron chi connectivity index (χ2n) is 3.00. The topological polar surface area (TPSA) is 46.3 Å². The molecule has 1 rings (SSSR count). The summed E-state index contributed by atoms with van der Waals surface area (Å²) < 4.78 is 0. The summed E-state index contributed by atoms with van der Waals surface area (Å²) in [4.78, 5) is 12.5. The van der Waals surface area contributed by atoms with E-state index < -0.39 is 0 Å². The van der Waals surface area contributed by atoms with E-state index in [1.165, 1.54) is 0 Å². The van der Waals surface area contributed by atoms with Crippen LogP contribution in [0.25, 0.3) is 0 Å². The molecule has 2 atom stereocenters. The van der Waals surface area contributed by atoms with Crippen LogP contribution in [0.3, 0.4) is 0 Å². The van der Waals surface area contributed by atoms with Gasteiger partial charge in [0.2, 0.25) is 0 Å². The monoisotopic (exact) mass is 174 g/mol. The maximum Gasteiger partial charge on any atom is 0.314 e. The van der Waals surface area contributed by atoms with Gasteiger partial charge in [0.05, 0.1) is 0 Å². The predicted octanol–water partition coefficient (Wildman–Crippen LogP) is 0.891. The third kappa shape index (κ3) is 2.29. The van der Waals surface area contributed by atoms with Crippen LogP contribution in [0.5, 0.6) is 0 Å². The number of primary amides is 1. The predicted molar refractivity (Wildman–Crippen MR) is 47.7 cm³/mol. The first-order valence-electron chi connectivity index (χ1n) is 3.79. The van der Waals surface area contributed by atoms with Gasteiger partial charge in [-0.2, -0.15) is 11.8 Å². The van der Waals surface area contributed by atoms with Crippen molar-refractivity contribution in [3.8, 4) is 0 Å². The second kappa shape index (κ2) is 3.34. The van der Waals surface area contributed by atoms with Gasteiger partial charge in [-0.1, -0.05) is 13.8 Å². The van der Waals surface area contributed by atoms with Gasteiger partial charge < -0.3 is 10.6 Å². The molecule has 0 aromatic carbocycles. The molecule has 1 fully saturated rings. The molecular formula is C7H14N2OS. The summed E-state index contributed by atoms with van der Waals surface area (Å²) in [5, 5.41) is 1.04. The molecule has 11 heavy (non-hydrogen) atoms. The highest BCUT2D eigenvalue weighted by molar-refractivity contribution is 8.00. The van der Waals surface area contributed by atoms with E-state index in [4.69, 9.17) is 5.73 Å². The number of amides is 2. The molecule has 0 radical (unpaired) electrons. The molecule has 0 spiro atoms. The molecule has 64 valence electrons. The molecule has 2 N–H and O–H groups in total. The Labute approximate surface area is 71.3 Å². The minimum atomic E-state index is -0.288. The van der Waals surface area contributed by atoms with Crippen molar-refractivity contribution in [1.82, 2.24) is 4.90 Å². The van der Waals surface area contributed by atoms with Crippen LogP contribution in [0.15, 0.2) is 0 Å². The Bertz CT molecular complexity index is 153. The van der Waals surface area contributed by atoms with E-state index in [-0.39, 0.29) is 6.03 Å². The summed E-state index contributed by atoms with van der Waals surface area (Å²) in [6, 6.07) is -0.288. The van der Waals surface area contributed by atoms with E-state index in [1.807, 2.05) is 11.8 Å². The first kappa shape index (κ1) is 8.71. The Kier molecular flexibility index (Phi) is 2.65. The van der Waals surface area contributed by atoms with Gasteiger partial charge in [-0.15, -0.1) is 0 Å². The van der Waals surface area contributed by atoms with Crippen molar-refractivity contribution in [2.75, 3.05) is 13.1 Å². The Morgan fingerprint density at radius 1 is 1.45 bits per heavy atom. The normalized spacial score (nSPS) is 32.0. The maximum atomic E-state index is 10.8. The number of hydrogen-bond acceptors (Lipinski definition) is 2. The van der Waals surface area contributed by atoms with Crippen molar-refractivity contribution in [1.29, 1.82) is 0 Å². The molecule has 1 aliphatic rings. The van der Waals surface area contributed by atoms with Crippen LogP contribution in [0, 0.1) is 0 Å². The van der Waals surface area contributed by atoms with Crippen LogP contribution in [0.4, 0.5) is 4.79 Å². The lowest BCUT2D eigenvalue weighted by molar-refractivity contribution is 0.207. The summed E-state index contributed by atoms with van der Waals surface area (Å²) in [5.41, 5.74) is 5.17. The third-order valence-corrected chi connectivity index (χ3v) is 2.96. The van der Waals surface area contributed by atoms with Gasteiger partial charge in [-0.05, 0) is 0 Å². The summed E-state index contributed by atoms with van der Waals surface area (Å²) in [5.74, 6) is 0. The van der Waals surface area contributed by atoms with Crippen LogP contribution in [0.2, 0.25) is 0 Å². The van der Waals surface area contributed by atoms with Gasteiger partial charge in [-0.3, -0.25) is 0 Å². The summed E-state index contributed by atoms with van der Waals surface area (Å²) in [6.45, 7) is 5.83. The van der Waals surface area contributed by atoms with Crippen molar-refractivity contribution >= 4 is 17.8 Å². The van der Waals surface area contributed by atoms with Gasteiger partial charge in [0.15, 0.2) is 0 Å². The molecule has 0 aliphatic carbocycles. The van der Waals surface area contributed by atoms with Crippen molar-refractivity contribution in [3.05, 3.63) is 0 Å². The minimum Gasteiger partial charge on any atom is -0.351 e. The number of rotatable bonds is 0. The minimum absolute atomic E-state index is 0.288. The van der Waals surface area contributed by atoms with Gasteiger partial charge in [-0.25, -0.2) is 4.79 Å². The summed E-state index contributed by atoms with van der Waals surface area (Å²) in [7, 11) is 0. The molecule has 0 aromatic rings. The van der Waals surface area contributed by atoms with Gasteiger partial charge in [0.1, 0.15) is 0 Å². The van der Waals surface area contributed by atoms with Crippen LogP contribution >= 0.6 is 11.8 Å². The van der Waals surface area contributed by atoms with E-state index in [1.54, 1.807) is 4.90 Å². The summed E-state index contributed by atoms with van der Waals surface area (Å²) >= 11 is 1.91. The van der Waals surface area contributed by atoms with Crippen molar-refractivity contribution in [2.45, 2.75) is 24.3 Å². The van der Waals surface area contributed by atoms with Crippen molar-refractivity contribution < 1.29 is 4.79 Å². The van der Waals surface area contributed by atoms with Gasteiger partial charge >= 0.3 is 6.03 Å². The molecule has 0 bridgehead atoms. The molecule has 3 nitrogen and oxygen atoms in total. The number of nitrogens with two attached hydrogens (primary N) is 1. The van der Waals surface area contributed by atoms with E-state index in [0.717, 1.165) is 13.1 Å². The van der Waals surface area contributed by atoms with Gasteiger partial charge in [0.25, 0.3) is 0 Å². The number of carbonyl (C=O) groups excluding carboxylic acids is 1. The Balaban J connectivity index is 2.49.